The number of halogens is 1. The van der Waals surface area contributed by atoms with Crippen LogP contribution in [0.25, 0.3) is 0 Å². The van der Waals surface area contributed by atoms with Crippen molar-refractivity contribution in [3.05, 3.63) is 0 Å². The Hall–Kier alpha value is -1.10. The van der Waals surface area contributed by atoms with Crippen LogP contribution in [0.4, 0.5) is 0 Å². The number of unbranched alkanes of at least 4 members (excludes halogenated alkanes) is 2. The van der Waals surface area contributed by atoms with E-state index in [0.717, 1.165) is 17.3 Å². The van der Waals surface area contributed by atoms with Gasteiger partial charge in [-0.1, -0.05) is 22.6 Å². The highest BCUT2D eigenvalue weighted by Crippen LogP contribution is 2.33. The van der Waals surface area contributed by atoms with Crippen molar-refractivity contribution >= 4 is 40.8 Å². The van der Waals surface area contributed by atoms with Crippen molar-refractivity contribution in [2.24, 2.45) is 5.41 Å². The van der Waals surface area contributed by atoms with Gasteiger partial charge in [0.05, 0.1) is 0 Å². The molecule has 0 atom stereocenters. The summed E-state index contributed by atoms with van der Waals surface area (Å²) in [5.41, 5.74) is -3.32. The molecule has 0 aliphatic carbocycles. The SMILES string of the molecule is CC(C)(C)OC(=O)C(CC#CCCCCI)(CC=O)C(=O)OC(C)(C)C. The van der Waals surface area contributed by atoms with Crippen LogP contribution in [0, 0.1) is 17.3 Å². The highest BCUT2D eigenvalue weighted by atomic mass is 127. The van der Waals surface area contributed by atoms with E-state index >= 15 is 0 Å². The number of carbonyl (C=O) groups excluding carboxylic acids is 3. The van der Waals surface area contributed by atoms with E-state index in [1.165, 1.54) is 0 Å². The van der Waals surface area contributed by atoms with Gasteiger partial charge in [-0.25, -0.2) is 0 Å². The Morgan fingerprint density at radius 3 is 1.81 bits per heavy atom. The molecule has 0 fully saturated rings. The van der Waals surface area contributed by atoms with E-state index in [1.807, 2.05) is 0 Å². The van der Waals surface area contributed by atoms with Gasteiger partial charge in [-0.05, 0) is 58.8 Å². The zero-order valence-electron chi connectivity index (χ0n) is 16.7. The quantitative estimate of drug-likeness (QED) is 0.0993. The third-order valence-corrected chi connectivity index (χ3v) is 3.97. The molecule has 6 heteroatoms. The van der Waals surface area contributed by atoms with E-state index < -0.39 is 28.6 Å². The molecular weight excluding hydrogens is 447 g/mol. The molecule has 0 heterocycles. The van der Waals surface area contributed by atoms with Gasteiger partial charge in [-0.3, -0.25) is 9.59 Å². The Labute approximate surface area is 171 Å². The molecule has 0 amide bonds. The maximum Gasteiger partial charge on any atom is 0.325 e. The number of aldehydes is 1. The Kier molecular flexibility index (Phi) is 10.4. The molecule has 0 aromatic rings. The van der Waals surface area contributed by atoms with Crippen LogP contribution in [0.15, 0.2) is 0 Å². The minimum atomic E-state index is -1.74. The summed E-state index contributed by atoms with van der Waals surface area (Å²) in [4.78, 5) is 36.9. The van der Waals surface area contributed by atoms with E-state index in [1.54, 1.807) is 41.5 Å². The molecule has 0 bridgehead atoms. The second-order valence-electron chi connectivity index (χ2n) is 8.13. The van der Waals surface area contributed by atoms with Gasteiger partial charge in [0.15, 0.2) is 5.41 Å². The molecule has 26 heavy (non-hydrogen) atoms. The van der Waals surface area contributed by atoms with Gasteiger partial charge in [0.2, 0.25) is 0 Å². The van der Waals surface area contributed by atoms with Gasteiger partial charge in [0, 0.05) is 19.3 Å². The molecule has 0 unspecified atom stereocenters. The first-order valence-corrected chi connectivity index (χ1v) is 10.3. The average molecular weight is 478 g/mol. The summed E-state index contributed by atoms with van der Waals surface area (Å²) in [7, 11) is 0. The van der Waals surface area contributed by atoms with Crippen LogP contribution in [-0.2, 0) is 23.9 Å². The summed E-state index contributed by atoms with van der Waals surface area (Å²) in [5, 5.41) is 0. The van der Waals surface area contributed by atoms with Crippen molar-refractivity contribution in [3.63, 3.8) is 0 Å². The second-order valence-corrected chi connectivity index (χ2v) is 9.21. The van der Waals surface area contributed by atoms with E-state index in [4.69, 9.17) is 9.47 Å². The molecule has 0 radical (unpaired) electrons. The van der Waals surface area contributed by atoms with Gasteiger partial charge in [0.25, 0.3) is 0 Å². The summed E-state index contributed by atoms with van der Waals surface area (Å²) in [6.07, 6.45) is 2.83. The monoisotopic (exact) mass is 478 g/mol. The average Bonchev–Trinajstić information content (AvgIpc) is 2.45. The Morgan fingerprint density at radius 1 is 0.923 bits per heavy atom. The van der Waals surface area contributed by atoms with Crippen LogP contribution < -0.4 is 0 Å². The molecule has 0 saturated heterocycles. The van der Waals surface area contributed by atoms with Gasteiger partial charge in [0.1, 0.15) is 17.5 Å². The minimum Gasteiger partial charge on any atom is -0.459 e. The first-order chi connectivity index (χ1) is 11.9. The van der Waals surface area contributed by atoms with Crippen molar-refractivity contribution in [1.82, 2.24) is 0 Å². The van der Waals surface area contributed by atoms with E-state index in [9.17, 15) is 14.4 Å². The molecular formula is C20H31IO5. The maximum atomic E-state index is 12.8. The standard InChI is InChI=1S/C20H31IO5/c1-18(2,3)25-16(23)20(13-15-22,17(24)26-19(4,5)6)12-10-8-7-9-11-14-21/h15H,7,9,11-14H2,1-6H3. The number of rotatable bonds is 8. The number of ether oxygens (including phenoxy) is 2. The fraction of sp³-hybridized carbons (Fsp3) is 0.750. The molecule has 0 aromatic carbocycles. The maximum absolute atomic E-state index is 12.8. The summed E-state index contributed by atoms with van der Waals surface area (Å²) in [6.45, 7) is 10.3. The Balaban J connectivity index is 5.64. The van der Waals surface area contributed by atoms with Crippen molar-refractivity contribution in [3.8, 4) is 11.8 Å². The Bertz CT molecular complexity index is 515. The zero-order valence-corrected chi connectivity index (χ0v) is 18.9. The van der Waals surface area contributed by atoms with Crippen molar-refractivity contribution in [2.75, 3.05) is 4.43 Å². The summed E-state index contributed by atoms with van der Waals surface area (Å²) < 4.78 is 11.9. The molecule has 0 aromatic heterocycles. The number of hydrogen-bond acceptors (Lipinski definition) is 5. The zero-order chi connectivity index (χ0) is 20.4. The van der Waals surface area contributed by atoms with Crippen LogP contribution in [0.1, 0.15) is 73.6 Å². The third kappa shape index (κ3) is 9.56. The normalized spacial score (nSPS) is 12.0. The fourth-order valence-electron chi connectivity index (χ4n) is 1.97. The number of alkyl halides is 1. The van der Waals surface area contributed by atoms with Crippen LogP contribution in [0.3, 0.4) is 0 Å². The van der Waals surface area contributed by atoms with E-state index in [0.29, 0.717) is 12.7 Å². The molecule has 0 aliphatic rings. The predicted molar refractivity (Wildman–Crippen MR) is 110 cm³/mol. The molecule has 148 valence electrons. The Morgan fingerprint density at radius 2 is 1.42 bits per heavy atom. The molecule has 0 aliphatic heterocycles. The second kappa shape index (κ2) is 10.9. The topological polar surface area (TPSA) is 69.7 Å². The summed E-state index contributed by atoms with van der Waals surface area (Å²) in [5.74, 6) is 4.33. The predicted octanol–water partition coefficient (Wildman–Crippen LogP) is 4.24. The number of esters is 2. The molecule has 0 saturated carbocycles. The lowest BCUT2D eigenvalue weighted by Crippen LogP contribution is -2.47. The lowest BCUT2D eigenvalue weighted by Gasteiger charge is -2.32. The molecule has 0 N–H and O–H groups in total. The molecule has 0 spiro atoms. The minimum absolute atomic E-state index is 0.0974. The van der Waals surface area contributed by atoms with Gasteiger partial charge >= 0.3 is 11.9 Å². The van der Waals surface area contributed by atoms with E-state index in [2.05, 4.69) is 34.4 Å². The lowest BCUT2D eigenvalue weighted by atomic mass is 9.81. The fourth-order valence-corrected chi connectivity index (χ4v) is 2.51. The first-order valence-electron chi connectivity index (χ1n) is 8.80. The van der Waals surface area contributed by atoms with Crippen LogP contribution in [-0.4, -0.2) is 33.9 Å². The largest absolute Gasteiger partial charge is 0.459 e. The van der Waals surface area contributed by atoms with Gasteiger partial charge in [-0.15, -0.1) is 11.8 Å². The lowest BCUT2D eigenvalue weighted by molar-refractivity contribution is -0.185. The van der Waals surface area contributed by atoms with Crippen LogP contribution in [0.5, 0.6) is 0 Å². The van der Waals surface area contributed by atoms with Crippen molar-refractivity contribution in [1.29, 1.82) is 0 Å². The van der Waals surface area contributed by atoms with E-state index in [-0.39, 0.29) is 12.8 Å². The van der Waals surface area contributed by atoms with Crippen molar-refractivity contribution < 1.29 is 23.9 Å². The van der Waals surface area contributed by atoms with Gasteiger partial charge in [-0.2, -0.15) is 0 Å². The van der Waals surface area contributed by atoms with Crippen molar-refractivity contribution in [2.45, 2.75) is 84.8 Å². The molecule has 0 rings (SSSR count). The highest BCUT2D eigenvalue weighted by Gasteiger charge is 2.50. The smallest absolute Gasteiger partial charge is 0.325 e. The molecule has 5 nitrogen and oxygen atoms in total. The van der Waals surface area contributed by atoms with Crippen LogP contribution >= 0.6 is 22.6 Å². The van der Waals surface area contributed by atoms with Gasteiger partial charge < -0.3 is 14.3 Å². The van der Waals surface area contributed by atoms with Crippen LogP contribution in [0.2, 0.25) is 0 Å². The first kappa shape index (κ1) is 24.9. The highest BCUT2D eigenvalue weighted by molar-refractivity contribution is 14.1. The third-order valence-electron chi connectivity index (χ3n) is 3.21. The number of hydrogen-bond donors (Lipinski definition) is 0. The summed E-state index contributed by atoms with van der Waals surface area (Å²) >= 11 is 2.30. The summed E-state index contributed by atoms with van der Waals surface area (Å²) in [6, 6.07) is 0. The number of carbonyl (C=O) groups is 3.